The maximum absolute atomic E-state index is 11.6. The average Bonchev–Trinajstić information content (AvgIpc) is 2.37. The first-order chi connectivity index (χ1) is 9.27. The normalized spacial score (nSPS) is 11.8. The number of anilines is 1. The van der Waals surface area contributed by atoms with E-state index in [-0.39, 0.29) is 5.56 Å². The molecule has 0 aliphatic heterocycles. The van der Waals surface area contributed by atoms with Gasteiger partial charge >= 0.3 is 0 Å². The summed E-state index contributed by atoms with van der Waals surface area (Å²) >= 11 is 3.22. The van der Waals surface area contributed by atoms with E-state index in [1.807, 2.05) is 0 Å². The van der Waals surface area contributed by atoms with E-state index in [0.29, 0.717) is 36.2 Å². The number of aryl methyl sites for hydroxylation is 1. The van der Waals surface area contributed by atoms with Gasteiger partial charge in [-0.05, 0) is 22.4 Å². The summed E-state index contributed by atoms with van der Waals surface area (Å²) < 4.78 is 25.9. The highest BCUT2D eigenvalue weighted by Gasteiger charge is 2.13. The van der Waals surface area contributed by atoms with Gasteiger partial charge in [0.15, 0.2) is 0 Å². The van der Waals surface area contributed by atoms with Crippen LogP contribution < -0.4 is 10.9 Å². The molecule has 0 saturated carbocycles. The highest BCUT2D eigenvalue weighted by Crippen LogP contribution is 2.15. The fourth-order valence-electron chi connectivity index (χ4n) is 1.67. The molecule has 0 amide bonds. The van der Waals surface area contributed by atoms with Crippen LogP contribution in [-0.2, 0) is 17.1 Å². The Kier molecular flexibility index (Phi) is 6.15. The summed E-state index contributed by atoms with van der Waals surface area (Å²) in [7, 11) is -1.58. The predicted octanol–water partition coefficient (Wildman–Crippen LogP) is 0.626. The number of nitrogens with zero attached hydrogens (tertiary/aromatic N) is 3. The first-order valence-electron chi connectivity index (χ1n) is 6.18. The Balaban J connectivity index is 2.54. The van der Waals surface area contributed by atoms with Gasteiger partial charge in [0.1, 0.15) is 4.47 Å². The van der Waals surface area contributed by atoms with Crippen LogP contribution in [0.4, 0.5) is 5.69 Å². The molecule has 0 aliphatic rings. The molecule has 0 unspecified atom stereocenters. The number of nitrogens with one attached hydrogen (secondary N) is 1. The minimum absolute atomic E-state index is 0.221. The molecule has 7 nitrogen and oxygen atoms in total. The first kappa shape index (κ1) is 17.1. The smallest absolute Gasteiger partial charge is 0.282 e. The van der Waals surface area contributed by atoms with Crippen molar-refractivity contribution in [2.45, 2.75) is 13.3 Å². The van der Waals surface area contributed by atoms with Gasteiger partial charge in [0.05, 0.1) is 18.1 Å². The highest BCUT2D eigenvalue weighted by molar-refractivity contribution is 9.10. The van der Waals surface area contributed by atoms with E-state index >= 15 is 0 Å². The van der Waals surface area contributed by atoms with Crippen molar-refractivity contribution in [2.24, 2.45) is 7.05 Å². The van der Waals surface area contributed by atoms with Gasteiger partial charge in [-0.25, -0.2) is 17.4 Å². The Morgan fingerprint density at radius 1 is 1.50 bits per heavy atom. The SMILES string of the molecule is CCN(CCCNc1cnn(C)c(=O)c1Br)S(C)(=O)=O. The zero-order valence-corrected chi connectivity index (χ0v) is 14.2. The summed E-state index contributed by atoms with van der Waals surface area (Å²) in [5, 5.41) is 6.98. The summed E-state index contributed by atoms with van der Waals surface area (Å²) in [6, 6.07) is 0. The summed E-state index contributed by atoms with van der Waals surface area (Å²) in [6.07, 6.45) is 3.40. The third-order valence-electron chi connectivity index (χ3n) is 2.80. The molecule has 1 rings (SSSR count). The maximum atomic E-state index is 11.6. The molecule has 1 N–H and O–H groups in total. The average molecular weight is 367 g/mol. The van der Waals surface area contributed by atoms with Gasteiger partial charge in [-0.15, -0.1) is 0 Å². The summed E-state index contributed by atoms with van der Waals surface area (Å²) in [5.74, 6) is 0. The zero-order valence-electron chi connectivity index (χ0n) is 11.8. The van der Waals surface area contributed by atoms with Crippen LogP contribution in [0.3, 0.4) is 0 Å². The van der Waals surface area contributed by atoms with Crippen LogP contribution in [0, 0.1) is 0 Å². The Labute approximate surface area is 127 Å². The summed E-state index contributed by atoms with van der Waals surface area (Å²) in [4.78, 5) is 11.6. The number of halogens is 1. The van der Waals surface area contributed by atoms with E-state index < -0.39 is 10.0 Å². The number of hydrogen-bond acceptors (Lipinski definition) is 5. The number of rotatable bonds is 7. The lowest BCUT2D eigenvalue weighted by Gasteiger charge is -2.17. The van der Waals surface area contributed by atoms with Gasteiger partial charge in [-0.1, -0.05) is 6.92 Å². The van der Waals surface area contributed by atoms with E-state index in [9.17, 15) is 13.2 Å². The van der Waals surface area contributed by atoms with Crippen molar-refractivity contribution in [3.05, 3.63) is 21.0 Å². The minimum Gasteiger partial charge on any atom is -0.383 e. The third kappa shape index (κ3) is 4.57. The molecule has 0 fully saturated rings. The lowest BCUT2D eigenvalue weighted by atomic mass is 10.4. The molecule has 1 heterocycles. The van der Waals surface area contributed by atoms with Crippen molar-refractivity contribution >= 4 is 31.6 Å². The van der Waals surface area contributed by atoms with Crippen molar-refractivity contribution in [1.82, 2.24) is 14.1 Å². The quantitative estimate of drug-likeness (QED) is 0.715. The van der Waals surface area contributed by atoms with Crippen LogP contribution in [0.25, 0.3) is 0 Å². The fourth-order valence-corrected chi connectivity index (χ4v) is 3.10. The van der Waals surface area contributed by atoms with Crippen LogP contribution in [0.1, 0.15) is 13.3 Å². The molecule has 0 spiro atoms. The van der Waals surface area contributed by atoms with Gasteiger partial charge in [-0.2, -0.15) is 5.10 Å². The molecule has 0 aromatic carbocycles. The lowest BCUT2D eigenvalue weighted by Crippen LogP contribution is -2.31. The standard InChI is InChI=1S/C11H19BrN4O3S/c1-4-16(20(3,18)19)7-5-6-13-9-8-14-15(2)11(17)10(9)12/h8,13H,4-7H2,1-3H3. The number of sulfonamides is 1. The van der Waals surface area contributed by atoms with E-state index in [0.717, 1.165) is 0 Å². The highest BCUT2D eigenvalue weighted by atomic mass is 79.9. The van der Waals surface area contributed by atoms with Crippen molar-refractivity contribution < 1.29 is 8.42 Å². The minimum atomic E-state index is -3.15. The zero-order chi connectivity index (χ0) is 15.3. The predicted molar refractivity (Wildman–Crippen MR) is 82.4 cm³/mol. The molecule has 0 bridgehead atoms. The summed E-state index contributed by atoms with van der Waals surface area (Å²) in [6.45, 7) is 3.25. The van der Waals surface area contributed by atoms with Crippen molar-refractivity contribution in [1.29, 1.82) is 0 Å². The van der Waals surface area contributed by atoms with Gasteiger partial charge in [0.2, 0.25) is 10.0 Å². The van der Waals surface area contributed by atoms with Crippen LogP contribution in [0.2, 0.25) is 0 Å². The topological polar surface area (TPSA) is 84.3 Å². The van der Waals surface area contributed by atoms with Crippen LogP contribution in [0.15, 0.2) is 15.5 Å². The Hall–Kier alpha value is -0.930. The fraction of sp³-hybridized carbons (Fsp3) is 0.636. The second-order valence-electron chi connectivity index (χ2n) is 4.34. The van der Waals surface area contributed by atoms with E-state index in [2.05, 4.69) is 26.3 Å². The van der Waals surface area contributed by atoms with Gasteiger partial charge in [0.25, 0.3) is 5.56 Å². The largest absolute Gasteiger partial charge is 0.383 e. The second-order valence-corrected chi connectivity index (χ2v) is 7.11. The molecule has 1 aromatic rings. The molecule has 1 aromatic heterocycles. The van der Waals surface area contributed by atoms with E-state index in [1.165, 1.54) is 15.2 Å². The third-order valence-corrected chi connectivity index (χ3v) is 4.94. The number of aromatic nitrogens is 2. The van der Waals surface area contributed by atoms with E-state index in [4.69, 9.17) is 0 Å². The Bertz CT molecular complexity index is 615. The Morgan fingerprint density at radius 2 is 2.15 bits per heavy atom. The van der Waals surface area contributed by atoms with Gasteiger partial charge in [0, 0.05) is 26.7 Å². The molecule has 20 heavy (non-hydrogen) atoms. The van der Waals surface area contributed by atoms with Gasteiger partial charge < -0.3 is 5.32 Å². The molecule has 114 valence electrons. The molecular weight excluding hydrogens is 348 g/mol. The van der Waals surface area contributed by atoms with Crippen LogP contribution in [-0.4, -0.2) is 48.4 Å². The van der Waals surface area contributed by atoms with Crippen LogP contribution >= 0.6 is 15.9 Å². The van der Waals surface area contributed by atoms with Gasteiger partial charge in [-0.3, -0.25) is 4.79 Å². The van der Waals surface area contributed by atoms with Crippen molar-refractivity contribution in [3.63, 3.8) is 0 Å². The molecule has 0 aliphatic carbocycles. The lowest BCUT2D eigenvalue weighted by molar-refractivity contribution is 0.428. The van der Waals surface area contributed by atoms with Crippen molar-refractivity contribution in [3.8, 4) is 0 Å². The second kappa shape index (κ2) is 7.19. The molecule has 0 saturated heterocycles. The molecular formula is C11H19BrN4O3S. The summed E-state index contributed by atoms with van der Waals surface area (Å²) in [5.41, 5.74) is 0.386. The van der Waals surface area contributed by atoms with Crippen LogP contribution in [0.5, 0.6) is 0 Å². The molecule has 0 atom stereocenters. The monoisotopic (exact) mass is 366 g/mol. The molecule has 9 heteroatoms. The first-order valence-corrected chi connectivity index (χ1v) is 8.82. The Morgan fingerprint density at radius 3 is 2.70 bits per heavy atom. The number of hydrogen-bond donors (Lipinski definition) is 1. The van der Waals surface area contributed by atoms with E-state index in [1.54, 1.807) is 20.2 Å². The van der Waals surface area contributed by atoms with Crippen molar-refractivity contribution in [2.75, 3.05) is 31.2 Å². The maximum Gasteiger partial charge on any atom is 0.282 e. The molecule has 0 radical (unpaired) electrons.